The second-order valence-electron chi connectivity index (χ2n) is 6.23. The lowest BCUT2D eigenvalue weighted by Crippen LogP contribution is -2.33. The van der Waals surface area contributed by atoms with Gasteiger partial charge in [-0.2, -0.15) is 4.31 Å². The Labute approximate surface area is 170 Å². The summed E-state index contributed by atoms with van der Waals surface area (Å²) in [6.07, 6.45) is 0. The van der Waals surface area contributed by atoms with Gasteiger partial charge in [-0.1, -0.05) is 17.7 Å². The monoisotopic (exact) mass is 421 g/mol. The number of hydrogen-bond donors (Lipinski definition) is 0. The van der Waals surface area contributed by atoms with E-state index in [1.54, 1.807) is 18.2 Å². The number of rotatable bonds is 9. The summed E-state index contributed by atoms with van der Waals surface area (Å²) in [5.74, 6) is -0.460. The van der Waals surface area contributed by atoms with Gasteiger partial charge in [-0.05, 0) is 37.3 Å². The third-order valence-corrected chi connectivity index (χ3v) is 5.97. The third-order valence-electron chi connectivity index (χ3n) is 4.15. The highest BCUT2D eigenvalue weighted by Crippen LogP contribution is 2.27. The van der Waals surface area contributed by atoms with Crippen molar-refractivity contribution in [2.45, 2.75) is 11.8 Å². The van der Waals surface area contributed by atoms with E-state index in [1.807, 2.05) is 6.92 Å². The van der Waals surface area contributed by atoms with Gasteiger partial charge >= 0.3 is 5.97 Å². The molecule has 0 aliphatic heterocycles. The molecule has 0 N–H and O–H groups in total. The molecule has 0 bridgehead atoms. The van der Waals surface area contributed by atoms with Gasteiger partial charge in [-0.25, -0.2) is 8.42 Å². The highest BCUT2D eigenvalue weighted by molar-refractivity contribution is 7.89. The maximum Gasteiger partial charge on any atom is 0.321 e. The fraction of sp³-hybridized carbons (Fsp3) is 0.300. The van der Waals surface area contributed by atoms with Crippen LogP contribution in [-0.2, 0) is 19.6 Å². The zero-order valence-electron chi connectivity index (χ0n) is 16.7. The van der Waals surface area contributed by atoms with Crippen molar-refractivity contribution in [1.82, 2.24) is 4.31 Å². The summed E-state index contributed by atoms with van der Waals surface area (Å²) in [6, 6.07) is 10.8. The molecule has 0 saturated heterocycles. The van der Waals surface area contributed by atoms with Crippen LogP contribution in [0.3, 0.4) is 0 Å². The molecular weight excluding hydrogens is 398 g/mol. The smallest absolute Gasteiger partial charge is 0.321 e. The Hall–Kier alpha value is -2.91. The first-order valence-corrected chi connectivity index (χ1v) is 10.1. The Kier molecular flexibility index (Phi) is 7.35. The molecule has 0 radical (unpaired) electrons. The molecule has 8 nitrogen and oxygen atoms in total. The molecule has 0 aliphatic carbocycles. The Morgan fingerprint density at radius 2 is 1.59 bits per heavy atom. The van der Waals surface area contributed by atoms with Crippen molar-refractivity contribution in [3.05, 3.63) is 53.6 Å². The van der Waals surface area contributed by atoms with Crippen molar-refractivity contribution in [3.63, 3.8) is 0 Å². The number of benzene rings is 2. The molecule has 0 atom stereocenters. The summed E-state index contributed by atoms with van der Waals surface area (Å²) >= 11 is 0. The molecule has 0 fully saturated rings. The Bertz CT molecular complexity index is 984. The molecule has 156 valence electrons. The molecule has 29 heavy (non-hydrogen) atoms. The molecule has 0 spiro atoms. The van der Waals surface area contributed by atoms with Crippen LogP contribution in [0.25, 0.3) is 0 Å². The van der Waals surface area contributed by atoms with Crippen LogP contribution in [0.1, 0.15) is 15.9 Å². The van der Waals surface area contributed by atoms with Crippen molar-refractivity contribution in [2.75, 3.05) is 34.4 Å². The number of aryl methyl sites for hydroxylation is 1. The Morgan fingerprint density at radius 1 is 0.966 bits per heavy atom. The lowest BCUT2D eigenvalue weighted by molar-refractivity contribution is -0.142. The lowest BCUT2D eigenvalue weighted by Gasteiger charge is -2.16. The number of Topliss-reactive ketones (excluding diaryl/α,β-unsaturated/α-hetero) is 1. The highest BCUT2D eigenvalue weighted by atomic mass is 32.2. The number of sulfonamides is 1. The number of methoxy groups -OCH3 is 2. The maximum atomic E-state index is 12.5. The van der Waals surface area contributed by atoms with E-state index in [2.05, 4.69) is 0 Å². The van der Waals surface area contributed by atoms with E-state index >= 15 is 0 Å². The van der Waals surface area contributed by atoms with E-state index in [-0.39, 0.29) is 10.5 Å². The number of hydrogen-bond acceptors (Lipinski definition) is 7. The van der Waals surface area contributed by atoms with E-state index < -0.39 is 34.9 Å². The molecule has 0 unspecified atom stereocenters. The molecule has 0 amide bonds. The fourth-order valence-corrected chi connectivity index (χ4v) is 3.56. The van der Waals surface area contributed by atoms with Crippen LogP contribution in [0.15, 0.2) is 47.4 Å². The van der Waals surface area contributed by atoms with Crippen LogP contribution < -0.4 is 9.47 Å². The van der Waals surface area contributed by atoms with Crippen molar-refractivity contribution >= 4 is 21.8 Å². The normalized spacial score (nSPS) is 11.2. The molecule has 9 heteroatoms. The summed E-state index contributed by atoms with van der Waals surface area (Å²) in [6.45, 7) is 0.801. The van der Waals surface area contributed by atoms with E-state index in [4.69, 9.17) is 14.2 Å². The third kappa shape index (κ3) is 5.55. The van der Waals surface area contributed by atoms with Gasteiger partial charge in [0.25, 0.3) is 0 Å². The largest absolute Gasteiger partial charge is 0.493 e. The summed E-state index contributed by atoms with van der Waals surface area (Å²) in [4.78, 5) is 24.3. The first-order valence-electron chi connectivity index (χ1n) is 8.63. The van der Waals surface area contributed by atoms with Crippen molar-refractivity contribution in [3.8, 4) is 11.5 Å². The SMILES string of the molecule is COc1ccc(C(=O)COC(=O)CN(C)S(=O)(=O)c2ccc(C)cc2)cc1OC. The molecule has 0 aliphatic rings. The van der Waals surface area contributed by atoms with Gasteiger partial charge in [0.1, 0.15) is 6.54 Å². The number of likely N-dealkylation sites (N-methyl/N-ethyl adjacent to an activating group) is 1. The molecular formula is C20H23NO7S. The number of esters is 1. The van der Waals surface area contributed by atoms with Gasteiger partial charge in [-0.15, -0.1) is 0 Å². The first kappa shape index (κ1) is 22.4. The highest BCUT2D eigenvalue weighted by Gasteiger charge is 2.24. The Balaban J connectivity index is 1.97. The molecule has 2 aromatic rings. The van der Waals surface area contributed by atoms with Crippen LogP contribution in [0.4, 0.5) is 0 Å². The predicted molar refractivity (Wildman–Crippen MR) is 106 cm³/mol. The van der Waals surface area contributed by atoms with Crippen molar-refractivity contribution in [2.24, 2.45) is 0 Å². The van der Waals surface area contributed by atoms with E-state index in [1.165, 1.54) is 45.5 Å². The maximum absolute atomic E-state index is 12.5. The minimum atomic E-state index is -3.84. The zero-order chi connectivity index (χ0) is 21.6. The summed E-state index contributed by atoms with van der Waals surface area (Å²) in [5.41, 5.74) is 1.19. The first-order chi connectivity index (χ1) is 13.7. The van der Waals surface area contributed by atoms with E-state index in [0.717, 1.165) is 9.87 Å². The fourth-order valence-electron chi connectivity index (χ4n) is 2.44. The molecule has 0 aromatic heterocycles. The van der Waals surface area contributed by atoms with Gasteiger partial charge in [0, 0.05) is 12.6 Å². The van der Waals surface area contributed by atoms with Gasteiger partial charge < -0.3 is 14.2 Å². The van der Waals surface area contributed by atoms with E-state index in [0.29, 0.717) is 11.5 Å². The van der Waals surface area contributed by atoms with Crippen molar-refractivity contribution in [1.29, 1.82) is 0 Å². The number of carbonyl (C=O) groups is 2. The number of carbonyl (C=O) groups excluding carboxylic acids is 2. The minimum Gasteiger partial charge on any atom is -0.493 e. The quantitative estimate of drug-likeness (QED) is 0.451. The van der Waals surface area contributed by atoms with Gasteiger partial charge in [0.2, 0.25) is 10.0 Å². The van der Waals surface area contributed by atoms with Crippen LogP contribution in [0.5, 0.6) is 11.5 Å². The second-order valence-corrected chi connectivity index (χ2v) is 8.27. The minimum absolute atomic E-state index is 0.0693. The standard InChI is InChI=1S/C20H23NO7S/c1-14-5-8-16(9-6-14)29(24,25)21(2)12-20(23)28-13-17(22)15-7-10-18(26-3)19(11-15)27-4/h5-11H,12-13H2,1-4H3. The van der Waals surface area contributed by atoms with E-state index in [9.17, 15) is 18.0 Å². The van der Waals surface area contributed by atoms with Crippen LogP contribution >= 0.6 is 0 Å². The molecule has 0 heterocycles. The number of ether oxygens (including phenoxy) is 3. The average Bonchev–Trinajstić information content (AvgIpc) is 2.71. The van der Waals surface area contributed by atoms with Gasteiger partial charge in [0.15, 0.2) is 23.9 Å². The summed E-state index contributed by atoms with van der Waals surface area (Å²) in [7, 11) is 0.345. The molecule has 2 aromatic carbocycles. The van der Waals surface area contributed by atoms with Crippen LogP contribution in [0.2, 0.25) is 0 Å². The topological polar surface area (TPSA) is 99.2 Å². The Morgan fingerprint density at radius 3 is 2.17 bits per heavy atom. The molecule has 0 saturated carbocycles. The van der Waals surface area contributed by atoms with Crippen LogP contribution in [-0.4, -0.2) is 58.9 Å². The summed E-state index contributed by atoms with van der Waals surface area (Å²) in [5, 5.41) is 0. The van der Waals surface area contributed by atoms with Gasteiger partial charge in [0.05, 0.1) is 19.1 Å². The lowest BCUT2D eigenvalue weighted by atomic mass is 10.1. The zero-order valence-corrected chi connectivity index (χ0v) is 17.5. The number of nitrogens with zero attached hydrogens (tertiary/aromatic N) is 1. The average molecular weight is 421 g/mol. The van der Waals surface area contributed by atoms with Crippen molar-refractivity contribution < 1.29 is 32.2 Å². The summed E-state index contributed by atoms with van der Waals surface area (Å²) < 4.78 is 41.0. The predicted octanol–water partition coefficient (Wildman–Crippen LogP) is 2.06. The number of ketones is 1. The van der Waals surface area contributed by atoms with Gasteiger partial charge in [-0.3, -0.25) is 9.59 Å². The van der Waals surface area contributed by atoms with Crippen LogP contribution in [0, 0.1) is 6.92 Å². The molecule has 2 rings (SSSR count). The second kappa shape index (κ2) is 9.53.